The van der Waals surface area contributed by atoms with E-state index in [1.807, 2.05) is 30.0 Å². The Morgan fingerprint density at radius 2 is 1.92 bits per heavy atom. The van der Waals surface area contributed by atoms with Crippen molar-refractivity contribution in [2.24, 2.45) is 0 Å². The molecule has 0 bridgehead atoms. The summed E-state index contributed by atoms with van der Waals surface area (Å²) in [6.07, 6.45) is 1.48. The molecule has 0 saturated carbocycles. The second-order valence-electron chi connectivity index (χ2n) is 6.28. The molecule has 2 heterocycles. The standard InChI is InChI=1S/C20H26N2O2S/c1-2-24-19-8-4-3-6-17(19)16-21-11-13-22(14-12-21)20(23)10-9-18-7-5-15-25-18/h3-8,15H,2,9-14,16H2,1H3. The first kappa shape index (κ1) is 18.0. The van der Waals surface area contributed by atoms with Crippen molar-refractivity contribution in [3.8, 4) is 5.75 Å². The van der Waals surface area contributed by atoms with E-state index in [0.717, 1.165) is 44.9 Å². The predicted molar refractivity (Wildman–Crippen MR) is 102 cm³/mol. The van der Waals surface area contributed by atoms with Gasteiger partial charge in [-0.1, -0.05) is 24.3 Å². The number of piperazine rings is 1. The van der Waals surface area contributed by atoms with Crippen LogP contribution in [0.4, 0.5) is 0 Å². The molecule has 134 valence electrons. The van der Waals surface area contributed by atoms with Crippen LogP contribution in [0.1, 0.15) is 23.8 Å². The Morgan fingerprint density at radius 3 is 2.64 bits per heavy atom. The van der Waals surface area contributed by atoms with Gasteiger partial charge in [0.1, 0.15) is 5.75 Å². The first-order valence-corrected chi connectivity index (χ1v) is 9.87. The van der Waals surface area contributed by atoms with E-state index >= 15 is 0 Å². The average Bonchev–Trinajstić information content (AvgIpc) is 3.16. The van der Waals surface area contributed by atoms with Gasteiger partial charge in [0.15, 0.2) is 0 Å². The van der Waals surface area contributed by atoms with Crippen LogP contribution in [-0.4, -0.2) is 48.5 Å². The van der Waals surface area contributed by atoms with Crippen LogP contribution < -0.4 is 4.74 Å². The molecule has 1 aliphatic rings. The van der Waals surface area contributed by atoms with Crippen LogP contribution in [-0.2, 0) is 17.8 Å². The van der Waals surface area contributed by atoms with Gasteiger partial charge in [-0.3, -0.25) is 9.69 Å². The number of para-hydroxylation sites is 1. The number of carbonyl (C=O) groups excluding carboxylic acids is 1. The quantitative estimate of drug-likeness (QED) is 0.760. The molecule has 1 aromatic heterocycles. The summed E-state index contributed by atoms with van der Waals surface area (Å²) in [6.45, 7) is 7.06. The molecule has 1 saturated heterocycles. The largest absolute Gasteiger partial charge is 0.494 e. The zero-order valence-corrected chi connectivity index (χ0v) is 15.6. The molecular formula is C20H26N2O2S. The van der Waals surface area contributed by atoms with Gasteiger partial charge in [0, 0.05) is 49.6 Å². The van der Waals surface area contributed by atoms with Crippen molar-refractivity contribution in [1.82, 2.24) is 9.80 Å². The van der Waals surface area contributed by atoms with E-state index in [-0.39, 0.29) is 5.91 Å². The number of hydrogen-bond donors (Lipinski definition) is 0. The van der Waals surface area contributed by atoms with E-state index in [4.69, 9.17) is 4.74 Å². The summed E-state index contributed by atoms with van der Waals surface area (Å²) < 4.78 is 5.71. The monoisotopic (exact) mass is 358 g/mol. The number of carbonyl (C=O) groups is 1. The van der Waals surface area contributed by atoms with Gasteiger partial charge in [0.25, 0.3) is 0 Å². The molecular weight excluding hydrogens is 332 g/mol. The van der Waals surface area contributed by atoms with Gasteiger partial charge >= 0.3 is 0 Å². The van der Waals surface area contributed by atoms with Crippen LogP contribution in [0.15, 0.2) is 41.8 Å². The minimum atomic E-state index is 0.280. The van der Waals surface area contributed by atoms with Crippen LogP contribution in [0, 0.1) is 0 Å². The number of amides is 1. The van der Waals surface area contributed by atoms with Gasteiger partial charge in [0.05, 0.1) is 6.61 Å². The molecule has 3 rings (SSSR count). The fourth-order valence-electron chi connectivity index (χ4n) is 3.17. The molecule has 0 atom stereocenters. The first-order valence-electron chi connectivity index (χ1n) is 8.99. The molecule has 1 amide bonds. The Labute approximate surface area is 154 Å². The smallest absolute Gasteiger partial charge is 0.223 e. The van der Waals surface area contributed by atoms with E-state index in [2.05, 4.69) is 28.5 Å². The fraction of sp³-hybridized carbons (Fsp3) is 0.450. The molecule has 1 aliphatic heterocycles. The van der Waals surface area contributed by atoms with Crippen molar-refractivity contribution in [2.75, 3.05) is 32.8 Å². The second-order valence-corrected chi connectivity index (χ2v) is 7.31. The molecule has 0 aliphatic carbocycles. The number of thiophene rings is 1. The highest BCUT2D eigenvalue weighted by Gasteiger charge is 2.21. The van der Waals surface area contributed by atoms with Crippen LogP contribution in [0.2, 0.25) is 0 Å². The highest BCUT2D eigenvalue weighted by atomic mass is 32.1. The minimum Gasteiger partial charge on any atom is -0.494 e. The number of aryl methyl sites for hydroxylation is 1. The fourth-order valence-corrected chi connectivity index (χ4v) is 3.88. The van der Waals surface area contributed by atoms with Crippen LogP contribution in [0.25, 0.3) is 0 Å². The number of hydrogen-bond acceptors (Lipinski definition) is 4. The first-order chi connectivity index (χ1) is 12.3. The van der Waals surface area contributed by atoms with Crippen molar-refractivity contribution in [3.63, 3.8) is 0 Å². The Kier molecular flexibility index (Phi) is 6.48. The third kappa shape index (κ3) is 5.06. The van der Waals surface area contributed by atoms with Crippen molar-refractivity contribution >= 4 is 17.2 Å². The molecule has 4 nitrogen and oxygen atoms in total. The summed E-state index contributed by atoms with van der Waals surface area (Å²) in [7, 11) is 0. The van der Waals surface area contributed by atoms with E-state index in [1.165, 1.54) is 10.4 Å². The maximum Gasteiger partial charge on any atom is 0.223 e. The highest BCUT2D eigenvalue weighted by Crippen LogP contribution is 2.21. The lowest BCUT2D eigenvalue weighted by Gasteiger charge is -2.35. The van der Waals surface area contributed by atoms with E-state index < -0.39 is 0 Å². The zero-order chi connectivity index (χ0) is 17.5. The number of ether oxygens (including phenoxy) is 1. The predicted octanol–water partition coefficient (Wildman–Crippen LogP) is 3.42. The van der Waals surface area contributed by atoms with Crippen molar-refractivity contribution < 1.29 is 9.53 Å². The molecule has 0 radical (unpaired) electrons. The summed E-state index contributed by atoms with van der Waals surface area (Å²) >= 11 is 1.73. The Morgan fingerprint density at radius 1 is 1.12 bits per heavy atom. The summed E-state index contributed by atoms with van der Waals surface area (Å²) in [4.78, 5) is 18.1. The zero-order valence-electron chi connectivity index (χ0n) is 14.8. The van der Waals surface area contributed by atoms with Gasteiger partial charge in [-0.15, -0.1) is 11.3 Å². The maximum atomic E-state index is 12.4. The lowest BCUT2D eigenvalue weighted by atomic mass is 10.1. The molecule has 0 unspecified atom stereocenters. The third-order valence-electron chi connectivity index (χ3n) is 4.56. The van der Waals surface area contributed by atoms with Crippen molar-refractivity contribution in [1.29, 1.82) is 0 Å². The molecule has 1 aromatic carbocycles. The summed E-state index contributed by atoms with van der Waals surface area (Å²) in [6, 6.07) is 12.4. The molecule has 0 N–H and O–H groups in total. The van der Waals surface area contributed by atoms with E-state index in [9.17, 15) is 4.79 Å². The molecule has 25 heavy (non-hydrogen) atoms. The van der Waals surface area contributed by atoms with Gasteiger partial charge in [-0.25, -0.2) is 0 Å². The number of benzene rings is 1. The Hall–Kier alpha value is -1.85. The Balaban J connectivity index is 1.46. The second kappa shape index (κ2) is 9.02. The molecule has 5 heteroatoms. The summed E-state index contributed by atoms with van der Waals surface area (Å²) in [5, 5.41) is 2.07. The van der Waals surface area contributed by atoms with Crippen LogP contribution in [0.3, 0.4) is 0 Å². The number of rotatable bonds is 7. The summed E-state index contributed by atoms with van der Waals surface area (Å²) in [5.41, 5.74) is 1.22. The average molecular weight is 359 g/mol. The van der Waals surface area contributed by atoms with Gasteiger partial charge in [-0.05, 0) is 30.9 Å². The van der Waals surface area contributed by atoms with E-state index in [1.54, 1.807) is 11.3 Å². The molecule has 1 fully saturated rings. The van der Waals surface area contributed by atoms with Gasteiger partial charge in [0.2, 0.25) is 5.91 Å². The normalized spacial score (nSPS) is 15.3. The maximum absolute atomic E-state index is 12.4. The minimum absolute atomic E-state index is 0.280. The van der Waals surface area contributed by atoms with Gasteiger partial charge < -0.3 is 9.64 Å². The number of nitrogens with zero attached hydrogens (tertiary/aromatic N) is 2. The van der Waals surface area contributed by atoms with Crippen LogP contribution in [0.5, 0.6) is 5.75 Å². The van der Waals surface area contributed by atoms with Gasteiger partial charge in [-0.2, -0.15) is 0 Å². The van der Waals surface area contributed by atoms with E-state index in [0.29, 0.717) is 13.0 Å². The topological polar surface area (TPSA) is 32.8 Å². The third-order valence-corrected chi connectivity index (χ3v) is 5.49. The lowest BCUT2D eigenvalue weighted by molar-refractivity contribution is -0.132. The van der Waals surface area contributed by atoms with Crippen molar-refractivity contribution in [2.45, 2.75) is 26.3 Å². The van der Waals surface area contributed by atoms with Crippen LogP contribution >= 0.6 is 11.3 Å². The Bertz CT molecular complexity index is 664. The highest BCUT2D eigenvalue weighted by molar-refractivity contribution is 7.09. The SMILES string of the molecule is CCOc1ccccc1CN1CCN(C(=O)CCc2cccs2)CC1. The lowest BCUT2D eigenvalue weighted by Crippen LogP contribution is -2.48. The summed E-state index contributed by atoms with van der Waals surface area (Å²) in [5.74, 6) is 1.25. The van der Waals surface area contributed by atoms with Crippen molar-refractivity contribution in [3.05, 3.63) is 52.2 Å². The molecule has 2 aromatic rings. The molecule has 0 spiro atoms.